The number of nitrogens with zero attached hydrogens (tertiary/aromatic N) is 1. The monoisotopic (exact) mass is 684 g/mol. The second kappa shape index (κ2) is 13.3. The first-order valence-electron chi connectivity index (χ1n) is 18.7. The van der Waals surface area contributed by atoms with E-state index in [2.05, 4.69) is 203 Å². The Balaban J connectivity index is 1.02. The maximum atomic E-state index is 4.02. The molecule has 0 aromatic heterocycles. The maximum absolute atomic E-state index is 4.02. The summed E-state index contributed by atoms with van der Waals surface area (Å²) in [4.78, 5) is 2.51. The standard InChI is InChI=1S/C49H40N4/c1-5-13-33(14-6-1)34-21-23-36(24-22-34)44-32-43(35-15-7-2-8-16-35)50-48(51-44)40-27-29-42-39(31-40)26-25-37-28-30-45-47(46(37)42)52-49(38-17-9-3-10-18-38)53(45)41-19-11-4-12-20-41/h1-27,29,31-32,44,48-52H,28,30H2. The highest BCUT2D eigenvalue weighted by Gasteiger charge is 2.37. The fraction of sp³-hybridized carbons (Fsp3) is 0.102. The molecule has 3 unspecified atom stereocenters. The third-order valence-corrected chi connectivity index (χ3v) is 11.1. The molecule has 4 heteroatoms. The summed E-state index contributed by atoms with van der Waals surface area (Å²) in [6.07, 6.45) is 4.28. The Morgan fingerprint density at radius 3 is 1.89 bits per heavy atom. The molecule has 3 atom stereocenters. The minimum atomic E-state index is -0.0788. The lowest BCUT2D eigenvalue weighted by atomic mass is 9.87. The van der Waals surface area contributed by atoms with Gasteiger partial charge in [-0.15, -0.1) is 0 Å². The molecule has 0 saturated carbocycles. The van der Waals surface area contributed by atoms with E-state index in [4.69, 9.17) is 0 Å². The molecule has 0 spiro atoms. The zero-order valence-electron chi connectivity index (χ0n) is 29.4. The van der Waals surface area contributed by atoms with Crippen LogP contribution in [0.25, 0.3) is 33.3 Å². The topological polar surface area (TPSA) is 39.3 Å². The number of hydrogen-bond acceptors (Lipinski definition) is 4. The van der Waals surface area contributed by atoms with E-state index in [1.54, 1.807) is 0 Å². The Morgan fingerprint density at radius 2 is 1.15 bits per heavy atom. The second-order valence-electron chi connectivity index (χ2n) is 14.2. The zero-order chi connectivity index (χ0) is 35.1. The number of anilines is 1. The second-order valence-corrected chi connectivity index (χ2v) is 14.2. The first-order valence-corrected chi connectivity index (χ1v) is 18.7. The van der Waals surface area contributed by atoms with Crippen molar-refractivity contribution < 1.29 is 0 Å². The van der Waals surface area contributed by atoms with Gasteiger partial charge in [-0.3, -0.25) is 5.32 Å². The van der Waals surface area contributed by atoms with Crippen LogP contribution in [0.4, 0.5) is 5.69 Å². The number of nitrogens with one attached hydrogen (secondary N) is 3. The smallest absolute Gasteiger partial charge is 0.130 e. The van der Waals surface area contributed by atoms with Crippen molar-refractivity contribution >= 4 is 27.9 Å². The average Bonchev–Trinajstić information content (AvgIpc) is 3.64. The van der Waals surface area contributed by atoms with Crippen LogP contribution in [0, 0.1) is 0 Å². The number of aryl methyl sites for hydroxylation is 1. The van der Waals surface area contributed by atoms with Crippen molar-refractivity contribution in [3.63, 3.8) is 0 Å². The molecule has 0 amide bonds. The molecule has 0 saturated heterocycles. The molecule has 2 aliphatic heterocycles. The van der Waals surface area contributed by atoms with E-state index in [9.17, 15) is 0 Å². The largest absolute Gasteiger partial charge is 0.366 e. The minimum absolute atomic E-state index is 0.0293. The molecule has 10 rings (SSSR count). The number of allylic oxidation sites excluding steroid dienone is 1. The minimum Gasteiger partial charge on any atom is -0.366 e. The first-order chi connectivity index (χ1) is 26.3. The molecular formula is C49H40N4. The molecule has 7 aromatic rings. The number of rotatable bonds is 6. The molecule has 0 fully saturated rings. The lowest BCUT2D eigenvalue weighted by Gasteiger charge is -2.33. The van der Waals surface area contributed by atoms with Crippen LogP contribution in [-0.4, -0.2) is 0 Å². The quantitative estimate of drug-likeness (QED) is 0.163. The molecule has 3 aliphatic rings. The van der Waals surface area contributed by atoms with Gasteiger partial charge in [0.1, 0.15) is 12.3 Å². The fourth-order valence-corrected chi connectivity index (χ4v) is 8.44. The van der Waals surface area contributed by atoms with Crippen molar-refractivity contribution in [2.45, 2.75) is 31.2 Å². The van der Waals surface area contributed by atoms with Gasteiger partial charge in [0.15, 0.2) is 0 Å². The summed E-state index contributed by atoms with van der Waals surface area (Å²) in [7, 11) is 0. The van der Waals surface area contributed by atoms with Gasteiger partial charge < -0.3 is 15.5 Å². The number of benzene rings is 7. The summed E-state index contributed by atoms with van der Waals surface area (Å²) in [5, 5.41) is 14.3. The fourth-order valence-electron chi connectivity index (χ4n) is 8.44. The molecule has 53 heavy (non-hydrogen) atoms. The van der Waals surface area contributed by atoms with E-state index in [0.717, 1.165) is 18.5 Å². The summed E-state index contributed by atoms with van der Waals surface area (Å²) in [6.45, 7) is 0. The maximum Gasteiger partial charge on any atom is 0.130 e. The summed E-state index contributed by atoms with van der Waals surface area (Å²) in [6, 6.07) is 63.6. The predicted octanol–water partition coefficient (Wildman–Crippen LogP) is 10.9. The molecule has 0 radical (unpaired) electrons. The van der Waals surface area contributed by atoms with Crippen molar-refractivity contribution in [1.29, 1.82) is 0 Å². The van der Waals surface area contributed by atoms with Gasteiger partial charge in [0.25, 0.3) is 0 Å². The number of para-hydroxylation sites is 1. The molecule has 3 N–H and O–H groups in total. The first kappa shape index (κ1) is 31.4. The van der Waals surface area contributed by atoms with Gasteiger partial charge in [0, 0.05) is 22.6 Å². The van der Waals surface area contributed by atoms with E-state index in [1.807, 2.05) is 0 Å². The molecule has 1 aliphatic carbocycles. The lowest BCUT2D eigenvalue weighted by molar-refractivity contribution is 0.443. The van der Waals surface area contributed by atoms with Crippen LogP contribution in [0.5, 0.6) is 0 Å². The normalized spacial score (nSPS) is 19.2. The van der Waals surface area contributed by atoms with Gasteiger partial charge in [0.2, 0.25) is 0 Å². The van der Waals surface area contributed by atoms with E-state index >= 15 is 0 Å². The van der Waals surface area contributed by atoms with Crippen molar-refractivity contribution in [1.82, 2.24) is 16.0 Å². The van der Waals surface area contributed by atoms with Gasteiger partial charge in [-0.2, -0.15) is 0 Å². The highest BCUT2D eigenvalue weighted by molar-refractivity contribution is 5.98. The molecular weight excluding hydrogens is 645 g/mol. The molecule has 0 bridgehead atoms. The van der Waals surface area contributed by atoms with Gasteiger partial charge in [0.05, 0.1) is 11.7 Å². The number of fused-ring (bicyclic) bond motifs is 4. The van der Waals surface area contributed by atoms with Crippen molar-refractivity contribution in [3.05, 3.63) is 221 Å². The average molecular weight is 685 g/mol. The van der Waals surface area contributed by atoms with Crippen molar-refractivity contribution in [2.24, 2.45) is 0 Å². The van der Waals surface area contributed by atoms with Crippen LogP contribution in [0.15, 0.2) is 188 Å². The Labute approximate surface area is 311 Å². The van der Waals surface area contributed by atoms with Crippen LogP contribution in [0.1, 0.15) is 58.2 Å². The van der Waals surface area contributed by atoms with Crippen molar-refractivity contribution in [2.75, 3.05) is 4.90 Å². The SMILES string of the molecule is C1=C(c2ccccc2)NC(c2ccc3c4c(ccc3c2)CCC2=C4NC(c3ccccc3)N2c2ccccc2)NC1c1ccc(-c2ccccc2)cc1. The van der Waals surface area contributed by atoms with Gasteiger partial charge >= 0.3 is 0 Å². The van der Waals surface area contributed by atoms with E-state index < -0.39 is 0 Å². The van der Waals surface area contributed by atoms with Crippen LogP contribution in [0.2, 0.25) is 0 Å². The van der Waals surface area contributed by atoms with E-state index in [0.29, 0.717) is 0 Å². The summed E-state index contributed by atoms with van der Waals surface area (Å²) in [5.74, 6) is 0. The molecule has 7 aromatic carbocycles. The van der Waals surface area contributed by atoms with Crippen LogP contribution in [0.3, 0.4) is 0 Å². The highest BCUT2D eigenvalue weighted by Crippen LogP contribution is 2.46. The Kier molecular flexibility index (Phi) is 7.89. The van der Waals surface area contributed by atoms with Gasteiger partial charge in [-0.05, 0) is 86.8 Å². The summed E-state index contributed by atoms with van der Waals surface area (Å²) < 4.78 is 0. The van der Waals surface area contributed by atoms with Crippen LogP contribution >= 0.6 is 0 Å². The summed E-state index contributed by atoms with van der Waals surface area (Å²) in [5.41, 5.74) is 15.0. The summed E-state index contributed by atoms with van der Waals surface area (Å²) >= 11 is 0. The van der Waals surface area contributed by atoms with Gasteiger partial charge in [-0.25, -0.2) is 0 Å². The zero-order valence-corrected chi connectivity index (χ0v) is 29.4. The van der Waals surface area contributed by atoms with Gasteiger partial charge in [-0.1, -0.05) is 158 Å². The third-order valence-electron chi connectivity index (χ3n) is 11.1. The third kappa shape index (κ3) is 5.78. The molecule has 256 valence electrons. The Morgan fingerprint density at radius 1 is 0.509 bits per heavy atom. The van der Waals surface area contributed by atoms with E-state index in [-0.39, 0.29) is 18.4 Å². The van der Waals surface area contributed by atoms with Crippen LogP contribution < -0.4 is 20.9 Å². The molecule has 2 heterocycles. The van der Waals surface area contributed by atoms with Crippen LogP contribution in [-0.2, 0) is 6.42 Å². The van der Waals surface area contributed by atoms with E-state index in [1.165, 1.54) is 72.4 Å². The predicted molar refractivity (Wildman–Crippen MR) is 218 cm³/mol. The molecule has 4 nitrogen and oxygen atoms in total. The Hall–Kier alpha value is -6.36. The number of hydrogen-bond donors (Lipinski definition) is 3. The highest BCUT2D eigenvalue weighted by atomic mass is 15.3. The lowest BCUT2D eigenvalue weighted by Crippen LogP contribution is -2.39. The Bertz CT molecular complexity index is 2470. The van der Waals surface area contributed by atoms with Crippen molar-refractivity contribution in [3.8, 4) is 11.1 Å².